The van der Waals surface area contributed by atoms with Crippen LogP contribution in [0.3, 0.4) is 0 Å². The molecule has 1 N–H and O–H groups in total. The van der Waals surface area contributed by atoms with Crippen LogP contribution in [0.5, 0.6) is 0 Å². The van der Waals surface area contributed by atoms with E-state index in [1.807, 2.05) is 12.1 Å². The molecule has 1 aromatic carbocycles. The second-order valence-electron chi connectivity index (χ2n) is 4.27. The smallest absolute Gasteiger partial charge is 0.126 e. The Labute approximate surface area is 98.6 Å². The molecule has 0 amide bonds. The van der Waals surface area contributed by atoms with Gasteiger partial charge in [-0.05, 0) is 30.0 Å². The summed E-state index contributed by atoms with van der Waals surface area (Å²) in [4.78, 5) is 0. The summed E-state index contributed by atoms with van der Waals surface area (Å²) in [6.45, 7) is 0.650. The number of rotatable bonds is 3. The summed E-state index contributed by atoms with van der Waals surface area (Å²) in [5.41, 5.74) is 2.80. The second kappa shape index (κ2) is 4.30. The quantitative estimate of drug-likeness (QED) is 0.883. The van der Waals surface area contributed by atoms with Crippen LogP contribution in [0, 0.1) is 5.82 Å². The van der Waals surface area contributed by atoms with Crippen molar-refractivity contribution < 1.29 is 8.91 Å². The van der Waals surface area contributed by atoms with Crippen molar-refractivity contribution in [1.82, 2.24) is 10.5 Å². The van der Waals surface area contributed by atoms with Crippen molar-refractivity contribution in [2.45, 2.75) is 25.4 Å². The lowest BCUT2D eigenvalue weighted by Crippen LogP contribution is -2.18. The molecule has 4 heteroatoms. The average molecular weight is 232 g/mol. The first-order valence-electron chi connectivity index (χ1n) is 5.74. The van der Waals surface area contributed by atoms with Crippen LogP contribution in [0.4, 0.5) is 4.39 Å². The van der Waals surface area contributed by atoms with Gasteiger partial charge >= 0.3 is 0 Å². The molecule has 1 unspecified atom stereocenters. The maximum atomic E-state index is 13.5. The van der Waals surface area contributed by atoms with Crippen LogP contribution in [0.15, 0.2) is 35.1 Å². The van der Waals surface area contributed by atoms with Gasteiger partial charge in [-0.3, -0.25) is 0 Å². The molecule has 0 spiro atoms. The monoisotopic (exact) mass is 232 g/mol. The average Bonchev–Trinajstić information content (AvgIpc) is 2.95. The molecule has 1 aromatic heterocycles. The molecule has 0 radical (unpaired) electrons. The van der Waals surface area contributed by atoms with Crippen molar-refractivity contribution in [2.75, 3.05) is 0 Å². The third-order valence-electron chi connectivity index (χ3n) is 3.23. The van der Waals surface area contributed by atoms with E-state index >= 15 is 0 Å². The van der Waals surface area contributed by atoms with Crippen molar-refractivity contribution in [1.29, 1.82) is 0 Å². The third kappa shape index (κ3) is 1.96. The molecule has 0 aliphatic heterocycles. The fraction of sp³-hybridized carbons (Fsp3) is 0.308. The maximum absolute atomic E-state index is 13.5. The van der Waals surface area contributed by atoms with Gasteiger partial charge in [0.05, 0.1) is 5.69 Å². The largest absolute Gasteiger partial charge is 0.364 e. The number of fused-ring (bicyclic) bond motifs is 1. The van der Waals surface area contributed by atoms with Crippen LogP contribution in [-0.4, -0.2) is 5.16 Å². The highest BCUT2D eigenvalue weighted by molar-refractivity contribution is 5.35. The van der Waals surface area contributed by atoms with E-state index in [4.69, 9.17) is 4.52 Å². The van der Waals surface area contributed by atoms with Crippen LogP contribution in [0.2, 0.25) is 0 Å². The zero-order valence-electron chi connectivity index (χ0n) is 9.32. The van der Waals surface area contributed by atoms with Crippen LogP contribution >= 0.6 is 0 Å². The van der Waals surface area contributed by atoms with Gasteiger partial charge in [0.1, 0.15) is 12.1 Å². The lowest BCUT2D eigenvalue weighted by Gasteiger charge is -2.12. The second-order valence-corrected chi connectivity index (χ2v) is 4.27. The third-order valence-corrected chi connectivity index (χ3v) is 3.23. The molecule has 1 aliphatic carbocycles. The summed E-state index contributed by atoms with van der Waals surface area (Å²) in [7, 11) is 0. The van der Waals surface area contributed by atoms with E-state index in [-0.39, 0.29) is 11.9 Å². The molecule has 0 fully saturated rings. The minimum Gasteiger partial charge on any atom is -0.364 e. The fourth-order valence-corrected chi connectivity index (χ4v) is 2.38. The molecule has 1 heterocycles. The van der Waals surface area contributed by atoms with Crippen LogP contribution in [-0.2, 0) is 13.0 Å². The van der Waals surface area contributed by atoms with Crippen LogP contribution < -0.4 is 5.32 Å². The van der Waals surface area contributed by atoms with Crippen molar-refractivity contribution in [2.24, 2.45) is 0 Å². The molecule has 0 bridgehead atoms. The maximum Gasteiger partial charge on any atom is 0.126 e. The molecule has 0 saturated heterocycles. The fourth-order valence-electron chi connectivity index (χ4n) is 2.38. The normalized spacial score (nSPS) is 18.3. The van der Waals surface area contributed by atoms with Crippen LogP contribution in [0.25, 0.3) is 0 Å². The van der Waals surface area contributed by atoms with Crippen molar-refractivity contribution in [3.05, 3.63) is 53.2 Å². The van der Waals surface area contributed by atoms with Gasteiger partial charge in [-0.25, -0.2) is 4.39 Å². The molecular weight excluding hydrogens is 219 g/mol. The van der Waals surface area contributed by atoms with E-state index < -0.39 is 0 Å². The van der Waals surface area contributed by atoms with Crippen molar-refractivity contribution in [3.8, 4) is 0 Å². The van der Waals surface area contributed by atoms with Crippen molar-refractivity contribution in [3.63, 3.8) is 0 Å². The number of nitrogens with one attached hydrogen (secondary N) is 1. The van der Waals surface area contributed by atoms with E-state index in [0.29, 0.717) is 6.54 Å². The highest BCUT2D eigenvalue weighted by atomic mass is 19.1. The Hall–Kier alpha value is -1.68. The summed E-state index contributed by atoms with van der Waals surface area (Å²) < 4.78 is 18.3. The SMILES string of the molecule is Fc1cccc2c1CCC2NCc1ccon1. The molecule has 3 nitrogen and oxygen atoms in total. The number of aromatic nitrogens is 1. The lowest BCUT2D eigenvalue weighted by atomic mass is 10.1. The molecule has 1 aliphatic rings. The molecule has 0 saturated carbocycles. The Morgan fingerprint density at radius 2 is 2.35 bits per heavy atom. The minimum absolute atomic E-state index is 0.0896. The number of benzene rings is 1. The Morgan fingerprint density at radius 1 is 1.41 bits per heavy atom. The lowest BCUT2D eigenvalue weighted by molar-refractivity contribution is 0.404. The van der Waals surface area contributed by atoms with Gasteiger partial charge < -0.3 is 9.84 Å². The first-order valence-corrected chi connectivity index (χ1v) is 5.74. The molecule has 17 heavy (non-hydrogen) atoms. The summed E-state index contributed by atoms with van der Waals surface area (Å²) in [6, 6.07) is 7.33. The van der Waals surface area contributed by atoms with Gasteiger partial charge in [0.15, 0.2) is 0 Å². The molecule has 2 aromatic rings. The van der Waals surface area contributed by atoms with E-state index in [2.05, 4.69) is 10.5 Å². The van der Waals surface area contributed by atoms with E-state index in [1.54, 1.807) is 12.3 Å². The highest BCUT2D eigenvalue weighted by Crippen LogP contribution is 2.32. The van der Waals surface area contributed by atoms with Gasteiger partial charge in [0.25, 0.3) is 0 Å². The Morgan fingerprint density at radius 3 is 3.18 bits per heavy atom. The molecule has 88 valence electrons. The van der Waals surface area contributed by atoms with E-state index in [0.717, 1.165) is 29.7 Å². The zero-order chi connectivity index (χ0) is 11.7. The van der Waals surface area contributed by atoms with E-state index in [9.17, 15) is 4.39 Å². The Kier molecular flexibility index (Phi) is 2.65. The standard InChI is InChI=1S/C13H13FN2O/c14-12-3-1-2-11-10(12)4-5-13(11)15-8-9-6-7-17-16-9/h1-3,6-7,13,15H,4-5,8H2. The minimum atomic E-state index is -0.0896. The molecular formula is C13H13FN2O. The van der Waals surface area contributed by atoms with Crippen molar-refractivity contribution >= 4 is 0 Å². The van der Waals surface area contributed by atoms with E-state index in [1.165, 1.54) is 6.07 Å². The Balaban J connectivity index is 1.73. The summed E-state index contributed by atoms with van der Waals surface area (Å²) in [5.74, 6) is -0.0896. The Bertz CT molecular complexity index is 510. The van der Waals surface area contributed by atoms with Gasteiger partial charge in [-0.1, -0.05) is 17.3 Å². The predicted molar refractivity (Wildman–Crippen MR) is 60.8 cm³/mol. The number of hydrogen-bond donors (Lipinski definition) is 1. The summed E-state index contributed by atoms with van der Waals surface area (Å²) >= 11 is 0. The summed E-state index contributed by atoms with van der Waals surface area (Å²) in [6.07, 6.45) is 3.30. The number of hydrogen-bond acceptors (Lipinski definition) is 3. The topological polar surface area (TPSA) is 38.1 Å². The zero-order valence-corrected chi connectivity index (χ0v) is 9.32. The van der Waals surface area contributed by atoms with Crippen LogP contribution in [0.1, 0.15) is 29.3 Å². The first-order chi connectivity index (χ1) is 8.34. The van der Waals surface area contributed by atoms with Gasteiger partial charge in [-0.15, -0.1) is 0 Å². The first kappa shape index (κ1) is 10.5. The summed E-state index contributed by atoms with van der Waals surface area (Å²) in [5, 5.41) is 7.22. The van der Waals surface area contributed by atoms with Gasteiger partial charge in [0.2, 0.25) is 0 Å². The van der Waals surface area contributed by atoms with Gasteiger partial charge in [0, 0.05) is 18.7 Å². The highest BCUT2D eigenvalue weighted by Gasteiger charge is 2.24. The molecule has 3 rings (SSSR count). The van der Waals surface area contributed by atoms with Gasteiger partial charge in [-0.2, -0.15) is 0 Å². The predicted octanol–water partition coefficient (Wildman–Crippen LogP) is 2.59. The molecule has 1 atom stereocenters. The number of halogens is 1. The number of nitrogens with zero attached hydrogens (tertiary/aromatic N) is 1.